The maximum Gasteiger partial charge on any atom is 0.329 e. The summed E-state index contributed by atoms with van der Waals surface area (Å²) in [4.78, 5) is 37.5. The van der Waals surface area contributed by atoms with E-state index < -0.39 is 29.6 Å². The van der Waals surface area contributed by atoms with Gasteiger partial charge in [0.05, 0.1) is 0 Å². The van der Waals surface area contributed by atoms with Crippen molar-refractivity contribution in [1.82, 2.24) is 5.32 Å². The number of primary amides is 1. The van der Waals surface area contributed by atoms with Gasteiger partial charge in [-0.25, -0.2) is 9.59 Å². The molecule has 1 unspecified atom stereocenters. The molecule has 3 amide bonds. The second-order valence-corrected chi connectivity index (χ2v) is 8.72. The van der Waals surface area contributed by atoms with Gasteiger partial charge in [0.25, 0.3) is 5.91 Å². The Morgan fingerprint density at radius 1 is 0.971 bits per heavy atom. The van der Waals surface area contributed by atoms with Gasteiger partial charge in [-0.2, -0.15) is 0 Å². The molecule has 9 nitrogen and oxygen atoms in total. The number of amides is 3. The largest absolute Gasteiger partial charge is 0.489 e. The normalized spacial score (nSPS) is 15.1. The number of nitrogens with two attached hydrogens (primary N) is 2. The maximum absolute atomic E-state index is 12.9. The van der Waals surface area contributed by atoms with Crippen LogP contribution < -0.4 is 26.8 Å². The Bertz CT molecular complexity index is 975. The number of urea groups is 1. The van der Waals surface area contributed by atoms with Gasteiger partial charge in [-0.1, -0.05) is 30.3 Å². The van der Waals surface area contributed by atoms with Crippen LogP contribution in [0.1, 0.15) is 50.5 Å². The van der Waals surface area contributed by atoms with Crippen LogP contribution in [-0.2, 0) is 20.9 Å². The second-order valence-electron chi connectivity index (χ2n) is 8.72. The summed E-state index contributed by atoms with van der Waals surface area (Å²) in [5, 5.41) is 5.38. The average molecular weight is 483 g/mol. The molecule has 9 heteroatoms. The SMILES string of the molecule is NCCCCC(NC(=O)Nc1ccc(OCc2ccccc2)cc1)C(=O)OC1(C(N)=O)CCCC1. The number of anilines is 1. The highest BCUT2D eigenvalue weighted by molar-refractivity contribution is 5.93. The van der Waals surface area contributed by atoms with Crippen molar-refractivity contribution in [3.8, 4) is 5.75 Å². The predicted octanol–water partition coefficient (Wildman–Crippen LogP) is 3.23. The van der Waals surface area contributed by atoms with E-state index in [0.29, 0.717) is 56.7 Å². The summed E-state index contributed by atoms with van der Waals surface area (Å²) in [5.74, 6) is -0.651. The molecular formula is C26H34N4O5. The summed E-state index contributed by atoms with van der Waals surface area (Å²) in [6.45, 7) is 0.908. The number of hydrogen-bond acceptors (Lipinski definition) is 6. The van der Waals surface area contributed by atoms with Crippen LogP contribution in [0.5, 0.6) is 5.75 Å². The molecule has 35 heavy (non-hydrogen) atoms. The molecule has 3 rings (SSSR count). The van der Waals surface area contributed by atoms with Crippen molar-refractivity contribution < 1.29 is 23.9 Å². The number of nitrogens with one attached hydrogen (secondary N) is 2. The highest BCUT2D eigenvalue weighted by Gasteiger charge is 2.44. The fraction of sp³-hybridized carbons (Fsp3) is 0.423. The highest BCUT2D eigenvalue weighted by Crippen LogP contribution is 2.33. The monoisotopic (exact) mass is 482 g/mol. The Balaban J connectivity index is 1.56. The summed E-state index contributed by atoms with van der Waals surface area (Å²) in [5.41, 5.74) is 11.4. The summed E-state index contributed by atoms with van der Waals surface area (Å²) >= 11 is 0. The molecule has 1 aliphatic carbocycles. The molecule has 0 heterocycles. The summed E-state index contributed by atoms with van der Waals surface area (Å²) in [6.07, 6.45) is 3.96. The number of ether oxygens (including phenoxy) is 2. The third-order valence-corrected chi connectivity index (χ3v) is 6.05. The van der Waals surface area contributed by atoms with Gasteiger partial charge >= 0.3 is 12.0 Å². The fourth-order valence-corrected chi connectivity index (χ4v) is 4.05. The van der Waals surface area contributed by atoms with Crippen molar-refractivity contribution in [2.24, 2.45) is 11.5 Å². The van der Waals surface area contributed by atoms with Crippen molar-refractivity contribution in [1.29, 1.82) is 0 Å². The van der Waals surface area contributed by atoms with Gasteiger partial charge < -0.3 is 31.6 Å². The summed E-state index contributed by atoms with van der Waals surface area (Å²) in [6, 6.07) is 15.2. The van der Waals surface area contributed by atoms with Gasteiger partial charge in [-0.05, 0) is 81.3 Å². The van der Waals surface area contributed by atoms with Crippen LogP contribution in [-0.4, -0.2) is 36.1 Å². The average Bonchev–Trinajstić information content (AvgIpc) is 3.33. The molecule has 6 N–H and O–H groups in total. The highest BCUT2D eigenvalue weighted by atomic mass is 16.6. The van der Waals surface area contributed by atoms with Gasteiger partial charge in [0.15, 0.2) is 5.60 Å². The minimum absolute atomic E-state index is 0.338. The molecular weight excluding hydrogens is 448 g/mol. The minimum Gasteiger partial charge on any atom is -0.489 e. The number of rotatable bonds is 12. The first-order valence-electron chi connectivity index (χ1n) is 12.0. The molecule has 2 aromatic carbocycles. The Labute approximate surface area is 205 Å². The molecule has 2 aromatic rings. The lowest BCUT2D eigenvalue weighted by Gasteiger charge is -2.28. The van der Waals surface area contributed by atoms with Gasteiger partial charge in [-0.3, -0.25) is 4.79 Å². The van der Waals surface area contributed by atoms with Crippen molar-refractivity contribution >= 4 is 23.6 Å². The topological polar surface area (TPSA) is 146 Å². The third-order valence-electron chi connectivity index (χ3n) is 6.05. The number of benzene rings is 2. The fourth-order valence-electron chi connectivity index (χ4n) is 4.05. The van der Waals surface area contributed by atoms with Crippen LogP contribution in [0.25, 0.3) is 0 Å². The molecule has 1 saturated carbocycles. The van der Waals surface area contributed by atoms with E-state index in [0.717, 1.165) is 18.4 Å². The van der Waals surface area contributed by atoms with E-state index in [-0.39, 0.29) is 0 Å². The van der Waals surface area contributed by atoms with Crippen LogP contribution in [0.2, 0.25) is 0 Å². The second kappa shape index (κ2) is 12.8. The Hall–Kier alpha value is -3.59. The van der Waals surface area contributed by atoms with Crippen LogP contribution in [0.4, 0.5) is 10.5 Å². The molecule has 0 aromatic heterocycles. The lowest BCUT2D eigenvalue weighted by atomic mass is 10.0. The zero-order valence-electron chi connectivity index (χ0n) is 19.8. The molecule has 0 radical (unpaired) electrons. The maximum atomic E-state index is 12.9. The lowest BCUT2D eigenvalue weighted by molar-refractivity contribution is -0.168. The predicted molar refractivity (Wildman–Crippen MR) is 133 cm³/mol. The van der Waals surface area contributed by atoms with Crippen LogP contribution >= 0.6 is 0 Å². The van der Waals surface area contributed by atoms with Crippen molar-refractivity contribution in [3.63, 3.8) is 0 Å². The Morgan fingerprint density at radius 3 is 2.29 bits per heavy atom. The van der Waals surface area contributed by atoms with Gasteiger partial charge in [0, 0.05) is 5.69 Å². The van der Waals surface area contributed by atoms with Crippen LogP contribution in [0.3, 0.4) is 0 Å². The van der Waals surface area contributed by atoms with E-state index in [1.165, 1.54) is 0 Å². The summed E-state index contributed by atoms with van der Waals surface area (Å²) in [7, 11) is 0. The molecule has 0 aliphatic heterocycles. The van der Waals surface area contributed by atoms with E-state index in [1.54, 1.807) is 24.3 Å². The Morgan fingerprint density at radius 2 is 1.66 bits per heavy atom. The number of carbonyl (C=O) groups excluding carboxylic acids is 3. The lowest BCUT2D eigenvalue weighted by Crippen LogP contribution is -2.51. The smallest absolute Gasteiger partial charge is 0.329 e. The quantitative estimate of drug-likeness (QED) is 0.270. The molecule has 0 saturated heterocycles. The van der Waals surface area contributed by atoms with Crippen LogP contribution in [0, 0.1) is 0 Å². The first kappa shape index (κ1) is 26.0. The van der Waals surface area contributed by atoms with E-state index in [2.05, 4.69) is 10.6 Å². The number of unbranched alkanes of at least 4 members (excludes halogenated alkanes) is 1. The van der Waals surface area contributed by atoms with E-state index >= 15 is 0 Å². The van der Waals surface area contributed by atoms with Crippen LogP contribution in [0.15, 0.2) is 54.6 Å². The molecule has 1 aliphatic rings. The molecule has 0 bridgehead atoms. The molecule has 1 fully saturated rings. The molecule has 0 spiro atoms. The van der Waals surface area contributed by atoms with E-state index in [1.807, 2.05) is 30.3 Å². The van der Waals surface area contributed by atoms with Gasteiger partial charge in [-0.15, -0.1) is 0 Å². The van der Waals surface area contributed by atoms with Crippen molar-refractivity contribution in [2.75, 3.05) is 11.9 Å². The van der Waals surface area contributed by atoms with E-state index in [4.69, 9.17) is 20.9 Å². The standard InChI is InChI=1S/C26H34N4O5/c27-17-7-4-10-22(23(31)35-26(24(28)32)15-5-6-16-26)30-25(33)29-20-11-13-21(14-12-20)34-18-19-8-2-1-3-9-19/h1-3,8-9,11-14,22H,4-7,10,15-18,27H2,(H2,28,32)(H2,29,30,33). The first-order chi connectivity index (χ1) is 16.9. The zero-order chi connectivity index (χ0) is 25.1. The minimum atomic E-state index is -1.29. The zero-order valence-corrected chi connectivity index (χ0v) is 19.8. The van der Waals surface area contributed by atoms with Crippen molar-refractivity contribution in [2.45, 2.75) is 63.2 Å². The van der Waals surface area contributed by atoms with Gasteiger partial charge in [0.2, 0.25) is 0 Å². The van der Waals surface area contributed by atoms with Crippen molar-refractivity contribution in [3.05, 3.63) is 60.2 Å². The van der Waals surface area contributed by atoms with Gasteiger partial charge in [0.1, 0.15) is 18.4 Å². The molecule has 188 valence electrons. The summed E-state index contributed by atoms with van der Waals surface area (Å²) < 4.78 is 11.3. The molecule has 1 atom stereocenters. The van der Waals surface area contributed by atoms with E-state index in [9.17, 15) is 14.4 Å². The Kier molecular flexibility index (Phi) is 9.48. The number of esters is 1. The first-order valence-corrected chi connectivity index (χ1v) is 12.0. The third kappa shape index (κ3) is 7.71. The number of carbonyl (C=O) groups is 3. The number of hydrogen-bond donors (Lipinski definition) is 4.